The second kappa shape index (κ2) is 10.7. The highest BCUT2D eigenvalue weighted by molar-refractivity contribution is 7.10. The molecule has 6 rings (SSSR count). The van der Waals surface area contributed by atoms with E-state index >= 15 is 0 Å². The van der Waals surface area contributed by atoms with Crippen molar-refractivity contribution in [1.82, 2.24) is 5.32 Å². The van der Waals surface area contributed by atoms with Gasteiger partial charge in [-0.25, -0.2) is 4.79 Å². The van der Waals surface area contributed by atoms with Gasteiger partial charge in [0, 0.05) is 46.2 Å². The summed E-state index contributed by atoms with van der Waals surface area (Å²) in [7, 11) is 0. The highest BCUT2D eigenvalue weighted by Gasteiger charge is 2.43. The van der Waals surface area contributed by atoms with E-state index in [1.54, 1.807) is 30.4 Å². The van der Waals surface area contributed by atoms with Gasteiger partial charge in [-0.05, 0) is 49.4 Å². The van der Waals surface area contributed by atoms with Crippen LogP contribution in [0, 0.1) is 6.92 Å². The van der Waals surface area contributed by atoms with E-state index in [2.05, 4.69) is 5.32 Å². The summed E-state index contributed by atoms with van der Waals surface area (Å²) < 4.78 is 11.6. The molecule has 2 atom stereocenters. The van der Waals surface area contributed by atoms with Crippen LogP contribution in [0.3, 0.4) is 0 Å². The van der Waals surface area contributed by atoms with Crippen molar-refractivity contribution in [3.05, 3.63) is 127 Å². The average Bonchev–Trinajstić information content (AvgIpc) is 3.49. The molecular weight excluding hydrogens is 522 g/mol. The number of ether oxygens (including phenoxy) is 1. The molecule has 3 heterocycles. The van der Waals surface area contributed by atoms with Crippen molar-refractivity contribution >= 4 is 34.1 Å². The number of nitrogens with one attached hydrogen (secondary N) is 1. The van der Waals surface area contributed by atoms with Crippen molar-refractivity contribution in [3.8, 4) is 0 Å². The van der Waals surface area contributed by atoms with Crippen molar-refractivity contribution < 1.29 is 18.7 Å². The first-order valence-electron chi connectivity index (χ1n) is 13.4. The maximum absolute atomic E-state index is 13.9. The van der Waals surface area contributed by atoms with E-state index < -0.39 is 11.9 Å². The molecule has 1 aliphatic heterocycles. The molecule has 2 unspecified atom stereocenters. The maximum atomic E-state index is 13.9. The third-order valence-corrected chi connectivity index (χ3v) is 8.76. The number of hydrogen-bond acceptors (Lipinski definition) is 7. The van der Waals surface area contributed by atoms with Gasteiger partial charge in [0.25, 0.3) is 0 Å². The van der Waals surface area contributed by atoms with Gasteiger partial charge in [-0.15, -0.1) is 11.3 Å². The summed E-state index contributed by atoms with van der Waals surface area (Å²) in [5, 5.41) is 5.79. The third kappa shape index (κ3) is 4.82. The van der Waals surface area contributed by atoms with Crippen LogP contribution in [0.25, 0.3) is 11.0 Å². The fraction of sp³-hybridized carbons (Fsp3) is 0.242. The Bertz CT molecular complexity index is 1730. The van der Waals surface area contributed by atoms with E-state index in [1.165, 1.54) is 6.26 Å². The molecule has 202 valence electrons. The number of Topliss-reactive ketones (excluding diaryl/α,β-unsaturated/α-hetero) is 1. The van der Waals surface area contributed by atoms with Crippen LogP contribution in [0.15, 0.2) is 104 Å². The lowest BCUT2D eigenvalue weighted by atomic mass is 9.73. The summed E-state index contributed by atoms with van der Waals surface area (Å²) >= 11 is 1.63. The van der Waals surface area contributed by atoms with Gasteiger partial charge < -0.3 is 14.5 Å². The Morgan fingerprint density at radius 2 is 1.88 bits per heavy atom. The van der Waals surface area contributed by atoms with Crippen molar-refractivity contribution in [2.75, 3.05) is 6.61 Å². The molecule has 7 heteroatoms. The minimum atomic E-state index is -0.876. The summed E-state index contributed by atoms with van der Waals surface area (Å²) in [5.74, 6) is -1.46. The molecule has 0 amide bonds. The minimum Gasteiger partial charge on any atom is -0.464 e. The number of hydrogen-bond donors (Lipinski definition) is 1. The number of ketones is 1. The predicted octanol–water partition coefficient (Wildman–Crippen LogP) is 6.31. The second-order valence-electron chi connectivity index (χ2n) is 10.4. The molecule has 0 fully saturated rings. The van der Waals surface area contributed by atoms with Crippen molar-refractivity contribution in [3.63, 3.8) is 0 Å². The molecule has 0 radical (unpaired) electrons. The number of aryl methyl sites for hydroxylation is 1. The van der Waals surface area contributed by atoms with Crippen LogP contribution >= 0.6 is 11.3 Å². The molecule has 40 heavy (non-hydrogen) atoms. The predicted molar refractivity (Wildman–Crippen MR) is 155 cm³/mol. The van der Waals surface area contributed by atoms with Gasteiger partial charge in [-0.3, -0.25) is 9.59 Å². The fourth-order valence-corrected chi connectivity index (χ4v) is 6.62. The molecule has 6 nitrogen and oxygen atoms in total. The minimum absolute atomic E-state index is 0.0437. The van der Waals surface area contributed by atoms with Crippen molar-refractivity contribution in [2.24, 2.45) is 0 Å². The molecular formula is C33H29NO5S. The first-order chi connectivity index (χ1) is 19.4. The number of allylic oxidation sites excluding steroid dienone is 3. The molecule has 1 N–H and O–H groups in total. The summed E-state index contributed by atoms with van der Waals surface area (Å²) in [6, 6.07) is 19.2. The summed E-state index contributed by atoms with van der Waals surface area (Å²) in [5.41, 5.74) is 4.51. The maximum Gasteiger partial charge on any atom is 0.336 e. The van der Waals surface area contributed by atoms with Gasteiger partial charge in [0.2, 0.25) is 0 Å². The monoisotopic (exact) mass is 551 g/mol. The lowest BCUT2D eigenvalue weighted by molar-refractivity contribution is -0.139. The Kier molecular flexibility index (Phi) is 6.98. The zero-order chi connectivity index (χ0) is 27.8. The third-order valence-electron chi connectivity index (χ3n) is 7.73. The smallest absolute Gasteiger partial charge is 0.336 e. The molecule has 0 bridgehead atoms. The number of carbonyl (C=O) groups excluding carboxylic acids is 2. The molecule has 4 aromatic rings. The Morgan fingerprint density at radius 3 is 2.65 bits per heavy atom. The van der Waals surface area contributed by atoms with Crippen molar-refractivity contribution in [2.45, 2.75) is 44.9 Å². The number of thiophene rings is 1. The second-order valence-corrected chi connectivity index (χ2v) is 11.4. The largest absolute Gasteiger partial charge is 0.464 e. The molecule has 2 aromatic carbocycles. The number of dihydropyridines is 1. The van der Waals surface area contributed by atoms with E-state index in [0.29, 0.717) is 41.5 Å². The van der Waals surface area contributed by atoms with Crippen LogP contribution in [0.2, 0.25) is 0 Å². The van der Waals surface area contributed by atoms with Gasteiger partial charge in [0.1, 0.15) is 5.58 Å². The van der Waals surface area contributed by atoms with E-state index in [9.17, 15) is 14.4 Å². The highest BCUT2D eigenvalue weighted by atomic mass is 32.1. The van der Waals surface area contributed by atoms with E-state index in [4.69, 9.17) is 9.15 Å². The standard InChI is InChI=1S/C33H29NO5S/c1-19-10-11-27-23(15-19)32(36)24(18-39-27)30-29(33(37)38-13-12-21-7-4-3-5-8-21)20(2)34-25-16-22(17-26(35)31(25)30)28-9-6-14-40-28/h3-11,14-15,18,22,30,34H,12-13,16-17H2,1-2H3. The Morgan fingerprint density at radius 1 is 1.05 bits per heavy atom. The van der Waals surface area contributed by atoms with Crippen LogP contribution in [0.4, 0.5) is 0 Å². The number of fused-ring (bicyclic) bond motifs is 1. The fourth-order valence-electron chi connectivity index (χ4n) is 5.79. The van der Waals surface area contributed by atoms with Crippen LogP contribution in [0.5, 0.6) is 0 Å². The quantitative estimate of drug-likeness (QED) is 0.283. The zero-order valence-electron chi connectivity index (χ0n) is 22.4. The average molecular weight is 552 g/mol. The highest BCUT2D eigenvalue weighted by Crippen LogP contribution is 2.46. The van der Waals surface area contributed by atoms with Gasteiger partial charge in [-0.1, -0.05) is 48.0 Å². The van der Waals surface area contributed by atoms with Gasteiger partial charge in [0.05, 0.1) is 29.7 Å². The molecule has 2 aliphatic rings. The first-order valence-corrected chi connectivity index (χ1v) is 14.3. The lowest BCUT2D eigenvalue weighted by Crippen LogP contribution is -2.37. The topological polar surface area (TPSA) is 85.6 Å². The van der Waals surface area contributed by atoms with E-state index in [1.807, 2.05) is 60.8 Å². The van der Waals surface area contributed by atoms with Crippen molar-refractivity contribution in [1.29, 1.82) is 0 Å². The normalized spacial score (nSPS) is 19.0. The van der Waals surface area contributed by atoms with Crippen LogP contribution in [0.1, 0.15) is 53.2 Å². The van der Waals surface area contributed by atoms with Crippen LogP contribution in [-0.4, -0.2) is 18.4 Å². The molecule has 1 aliphatic carbocycles. The number of rotatable bonds is 6. The number of esters is 1. The Labute approximate surface area is 236 Å². The van der Waals surface area contributed by atoms with E-state index in [-0.39, 0.29) is 34.9 Å². The van der Waals surface area contributed by atoms with Gasteiger partial charge in [-0.2, -0.15) is 0 Å². The molecule has 0 saturated carbocycles. The van der Waals surface area contributed by atoms with Crippen LogP contribution in [-0.2, 0) is 20.7 Å². The summed E-state index contributed by atoms with van der Waals surface area (Å²) in [4.78, 5) is 42.5. The number of benzene rings is 2. The zero-order valence-corrected chi connectivity index (χ0v) is 23.2. The van der Waals surface area contributed by atoms with Gasteiger partial charge >= 0.3 is 5.97 Å². The Hall–Kier alpha value is -4.23. The summed E-state index contributed by atoms with van der Waals surface area (Å²) in [6.45, 7) is 3.89. The van der Waals surface area contributed by atoms with E-state index in [0.717, 1.165) is 21.7 Å². The lowest BCUT2D eigenvalue weighted by Gasteiger charge is -2.36. The van der Waals surface area contributed by atoms with Crippen LogP contribution < -0.4 is 10.7 Å². The first kappa shape index (κ1) is 26.0. The summed E-state index contributed by atoms with van der Waals surface area (Å²) in [6.07, 6.45) is 2.89. The van der Waals surface area contributed by atoms with Gasteiger partial charge in [0.15, 0.2) is 11.2 Å². The molecule has 0 saturated heterocycles. The molecule has 2 aromatic heterocycles. The number of carbonyl (C=O) groups is 2. The Balaban J connectivity index is 1.42. The SMILES string of the molecule is CC1=C(C(=O)OCCc2ccccc2)C(c2coc3ccc(C)cc3c2=O)C2=C(CC(c3cccs3)CC2=O)N1. The molecule has 0 spiro atoms.